The number of rotatable bonds is 6. The highest BCUT2D eigenvalue weighted by molar-refractivity contribution is 6.27. The van der Waals surface area contributed by atoms with E-state index in [1.807, 2.05) is 30.3 Å². The summed E-state index contributed by atoms with van der Waals surface area (Å²) in [7, 11) is 1.64. The van der Waals surface area contributed by atoms with Gasteiger partial charge in [0.05, 0.1) is 6.04 Å². The molecule has 1 aromatic carbocycles. The molecule has 4 heteroatoms. The molecule has 1 amide bonds. The number of carbonyl (C=O) groups excluding carboxylic acids is 1. The summed E-state index contributed by atoms with van der Waals surface area (Å²) in [4.78, 5) is 11.3. The number of amides is 1. The lowest BCUT2D eigenvalue weighted by molar-refractivity contribution is -0.119. The molecule has 0 aliphatic carbocycles. The van der Waals surface area contributed by atoms with Crippen LogP contribution in [0.1, 0.15) is 18.0 Å². The summed E-state index contributed by atoms with van der Waals surface area (Å²) < 4.78 is 5.02. The molecule has 0 saturated heterocycles. The van der Waals surface area contributed by atoms with Gasteiger partial charge >= 0.3 is 0 Å². The van der Waals surface area contributed by atoms with Crippen molar-refractivity contribution < 1.29 is 9.53 Å². The Balaban J connectivity index is 2.67. The minimum absolute atomic E-state index is 0.0175. The monoisotopic (exact) mass is 241 g/mol. The Labute approximate surface area is 101 Å². The summed E-state index contributed by atoms with van der Waals surface area (Å²) >= 11 is 5.47. The fraction of sp³-hybridized carbons (Fsp3) is 0.417. The van der Waals surface area contributed by atoms with Crippen LogP contribution in [0.2, 0.25) is 0 Å². The van der Waals surface area contributed by atoms with E-state index in [9.17, 15) is 4.79 Å². The van der Waals surface area contributed by atoms with Crippen LogP contribution >= 0.6 is 11.6 Å². The molecular weight excluding hydrogens is 226 g/mol. The number of halogens is 1. The highest BCUT2D eigenvalue weighted by atomic mass is 35.5. The molecule has 1 N–H and O–H groups in total. The van der Waals surface area contributed by atoms with Gasteiger partial charge in [0.15, 0.2) is 0 Å². The molecule has 88 valence electrons. The second-order valence-corrected chi connectivity index (χ2v) is 3.71. The van der Waals surface area contributed by atoms with Crippen molar-refractivity contribution in [3.05, 3.63) is 35.9 Å². The van der Waals surface area contributed by atoms with E-state index >= 15 is 0 Å². The van der Waals surface area contributed by atoms with Crippen LogP contribution in [0.4, 0.5) is 0 Å². The predicted molar refractivity (Wildman–Crippen MR) is 64.5 cm³/mol. The summed E-state index contributed by atoms with van der Waals surface area (Å²) in [6.45, 7) is 0.599. The van der Waals surface area contributed by atoms with Crippen molar-refractivity contribution in [3.8, 4) is 0 Å². The molecule has 0 saturated carbocycles. The SMILES string of the molecule is COCC[C@@H](NC(=O)CCl)c1ccccc1. The van der Waals surface area contributed by atoms with Gasteiger partial charge in [-0.2, -0.15) is 0 Å². The second-order valence-electron chi connectivity index (χ2n) is 3.45. The molecule has 0 bridgehead atoms. The lowest BCUT2D eigenvalue weighted by Gasteiger charge is -2.18. The van der Waals surface area contributed by atoms with Gasteiger partial charge in [0, 0.05) is 13.7 Å². The topological polar surface area (TPSA) is 38.3 Å². The molecule has 0 fully saturated rings. The van der Waals surface area contributed by atoms with Gasteiger partial charge in [0.2, 0.25) is 5.91 Å². The second kappa shape index (κ2) is 7.25. The van der Waals surface area contributed by atoms with Crippen molar-refractivity contribution in [2.45, 2.75) is 12.5 Å². The van der Waals surface area contributed by atoms with Crippen molar-refractivity contribution in [3.63, 3.8) is 0 Å². The van der Waals surface area contributed by atoms with Gasteiger partial charge in [-0.15, -0.1) is 11.6 Å². The number of ether oxygens (including phenoxy) is 1. The van der Waals surface area contributed by atoms with E-state index in [-0.39, 0.29) is 17.8 Å². The highest BCUT2D eigenvalue weighted by Crippen LogP contribution is 2.16. The van der Waals surface area contributed by atoms with Gasteiger partial charge in [-0.05, 0) is 12.0 Å². The van der Waals surface area contributed by atoms with E-state index in [0.717, 1.165) is 12.0 Å². The maximum Gasteiger partial charge on any atom is 0.235 e. The maximum absolute atomic E-state index is 11.3. The van der Waals surface area contributed by atoms with Crippen LogP contribution in [0.15, 0.2) is 30.3 Å². The molecule has 3 nitrogen and oxygen atoms in total. The van der Waals surface area contributed by atoms with E-state index in [2.05, 4.69) is 5.32 Å². The molecule has 0 spiro atoms. The van der Waals surface area contributed by atoms with E-state index in [1.165, 1.54) is 0 Å². The zero-order valence-corrected chi connectivity index (χ0v) is 10.0. The Kier molecular flexibility index (Phi) is 5.90. The third kappa shape index (κ3) is 4.21. The first-order valence-electron chi connectivity index (χ1n) is 5.17. The molecule has 0 heterocycles. The third-order valence-corrected chi connectivity index (χ3v) is 2.51. The number of methoxy groups -OCH3 is 1. The first-order valence-corrected chi connectivity index (χ1v) is 5.70. The minimum Gasteiger partial charge on any atom is -0.385 e. The van der Waals surface area contributed by atoms with Crippen molar-refractivity contribution in [2.24, 2.45) is 0 Å². The Morgan fingerprint density at radius 3 is 2.69 bits per heavy atom. The van der Waals surface area contributed by atoms with Crippen molar-refractivity contribution >= 4 is 17.5 Å². The number of carbonyl (C=O) groups is 1. The molecule has 0 unspecified atom stereocenters. The van der Waals surface area contributed by atoms with Crippen LogP contribution in [0.25, 0.3) is 0 Å². The number of benzene rings is 1. The Bertz CT molecular complexity index is 316. The van der Waals surface area contributed by atoms with Gasteiger partial charge in [-0.25, -0.2) is 0 Å². The molecule has 1 aromatic rings. The largest absolute Gasteiger partial charge is 0.385 e. The Hall–Kier alpha value is -1.06. The summed E-state index contributed by atoms with van der Waals surface area (Å²) in [5.41, 5.74) is 1.07. The van der Waals surface area contributed by atoms with Crippen LogP contribution in [-0.2, 0) is 9.53 Å². The zero-order valence-electron chi connectivity index (χ0n) is 9.28. The quantitative estimate of drug-likeness (QED) is 0.775. The average Bonchev–Trinajstić information content (AvgIpc) is 2.35. The smallest absolute Gasteiger partial charge is 0.235 e. The predicted octanol–water partition coefficient (Wildman–Crippen LogP) is 2.12. The number of alkyl halides is 1. The molecule has 1 rings (SSSR count). The number of nitrogens with one attached hydrogen (secondary N) is 1. The maximum atomic E-state index is 11.3. The highest BCUT2D eigenvalue weighted by Gasteiger charge is 2.13. The average molecular weight is 242 g/mol. The fourth-order valence-electron chi connectivity index (χ4n) is 1.48. The first kappa shape index (κ1) is 13.0. The van der Waals surface area contributed by atoms with Crippen LogP contribution in [0.5, 0.6) is 0 Å². The normalized spacial score (nSPS) is 12.1. The molecule has 0 radical (unpaired) electrons. The Morgan fingerprint density at radius 1 is 1.44 bits per heavy atom. The summed E-state index contributed by atoms with van der Waals surface area (Å²) in [5.74, 6) is -0.178. The Morgan fingerprint density at radius 2 is 2.12 bits per heavy atom. The fourth-order valence-corrected chi connectivity index (χ4v) is 1.55. The van der Waals surface area contributed by atoms with Gasteiger partial charge in [0.25, 0.3) is 0 Å². The zero-order chi connectivity index (χ0) is 11.8. The van der Waals surface area contributed by atoms with Crippen LogP contribution in [0, 0.1) is 0 Å². The van der Waals surface area contributed by atoms with Crippen molar-refractivity contribution in [1.29, 1.82) is 0 Å². The summed E-state index contributed by atoms with van der Waals surface area (Å²) in [5, 5.41) is 2.87. The standard InChI is InChI=1S/C12H16ClNO2/c1-16-8-7-11(14-12(15)9-13)10-5-3-2-4-6-10/h2-6,11H,7-9H2,1H3,(H,14,15)/t11-/m1/s1. The molecule has 0 aliphatic rings. The number of hydrogen-bond donors (Lipinski definition) is 1. The molecule has 1 atom stereocenters. The van der Waals surface area contributed by atoms with Crippen molar-refractivity contribution in [2.75, 3.05) is 19.6 Å². The van der Waals surface area contributed by atoms with Crippen molar-refractivity contribution in [1.82, 2.24) is 5.32 Å². The van der Waals surface area contributed by atoms with E-state index in [4.69, 9.17) is 16.3 Å². The van der Waals surface area contributed by atoms with E-state index in [0.29, 0.717) is 6.61 Å². The van der Waals surface area contributed by atoms with E-state index in [1.54, 1.807) is 7.11 Å². The van der Waals surface area contributed by atoms with Crippen LogP contribution in [0.3, 0.4) is 0 Å². The molecule has 16 heavy (non-hydrogen) atoms. The van der Waals surface area contributed by atoms with Gasteiger partial charge < -0.3 is 10.1 Å². The lowest BCUT2D eigenvalue weighted by Crippen LogP contribution is -2.30. The number of hydrogen-bond acceptors (Lipinski definition) is 2. The van der Waals surface area contributed by atoms with E-state index < -0.39 is 0 Å². The van der Waals surface area contributed by atoms with Gasteiger partial charge in [-0.3, -0.25) is 4.79 Å². The van der Waals surface area contributed by atoms with Gasteiger partial charge in [0.1, 0.15) is 5.88 Å². The first-order chi connectivity index (χ1) is 7.77. The van der Waals surface area contributed by atoms with Crippen LogP contribution in [-0.4, -0.2) is 25.5 Å². The summed E-state index contributed by atoms with van der Waals surface area (Å²) in [6, 6.07) is 9.76. The van der Waals surface area contributed by atoms with Crippen LogP contribution < -0.4 is 5.32 Å². The molecule has 0 aliphatic heterocycles. The van der Waals surface area contributed by atoms with Gasteiger partial charge in [-0.1, -0.05) is 30.3 Å². The minimum atomic E-state index is -0.161. The third-order valence-electron chi connectivity index (χ3n) is 2.27. The summed E-state index contributed by atoms with van der Waals surface area (Å²) in [6.07, 6.45) is 0.739. The molecule has 0 aromatic heterocycles. The lowest BCUT2D eigenvalue weighted by atomic mass is 10.0. The molecular formula is C12H16ClNO2.